The first-order chi connectivity index (χ1) is 6.99. The van der Waals surface area contributed by atoms with Crippen molar-refractivity contribution in [2.45, 2.75) is 11.0 Å². The van der Waals surface area contributed by atoms with Crippen molar-refractivity contribution in [2.24, 2.45) is 0 Å². The highest BCUT2D eigenvalue weighted by molar-refractivity contribution is 6.33. The van der Waals surface area contributed by atoms with E-state index in [9.17, 15) is 14.7 Å². The zero-order chi connectivity index (χ0) is 11.2. The van der Waals surface area contributed by atoms with Crippen molar-refractivity contribution in [1.29, 1.82) is 0 Å². The molecule has 1 aliphatic rings. The average molecular weight is 227 g/mol. The predicted molar refractivity (Wildman–Crippen MR) is 52.0 cm³/mol. The highest BCUT2D eigenvalue weighted by Gasteiger charge is 2.57. The summed E-state index contributed by atoms with van der Waals surface area (Å²) in [5.74, 6) is -2.48. The molecule has 0 fully saturated rings. The van der Waals surface area contributed by atoms with Crippen molar-refractivity contribution in [3.05, 3.63) is 35.4 Å². The summed E-state index contributed by atoms with van der Waals surface area (Å²) in [6, 6.07) is 6.21. The SMILES string of the molecule is O=C(O)[C@@]1(O)C(=O)c2ccccc2[C@@H]1Cl. The van der Waals surface area contributed by atoms with E-state index in [1.54, 1.807) is 12.1 Å². The number of carboxylic acid groups (broad SMARTS) is 1. The van der Waals surface area contributed by atoms with Crippen LogP contribution in [0.2, 0.25) is 0 Å². The number of hydrogen-bond acceptors (Lipinski definition) is 3. The number of ketones is 1. The normalized spacial score (nSPS) is 28.9. The van der Waals surface area contributed by atoms with Crippen LogP contribution in [0, 0.1) is 0 Å². The summed E-state index contributed by atoms with van der Waals surface area (Å²) in [7, 11) is 0. The van der Waals surface area contributed by atoms with Crippen molar-refractivity contribution >= 4 is 23.4 Å². The van der Waals surface area contributed by atoms with Crippen LogP contribution in [-0.4, -0.2) is 27.6 Å². The minimum atomic E-state index is -2.54. The van der Waals surface area contributed by atoms with E-state index in [-0.39, 0.29) is 5.56 Å². The van der Waals surface area contributed by atoms with Crippen LogP contribution in [0.1, 0.15) is 21.3 Å². The van der Waals surface area contributed by atoms with Crippen LogP contribution in [0.5, 0.6) is 0 Å². The van der Waals surface area contributed by atoms with Crippen LogP contribution in [0.15, 0.2) is 24.3 Å². The topological polar surface area (TPSA) is 74.6 Å². The van der Waals surface area contributed by atoms with Gasteiger partial charge in [-0.3, -0.25) is 4.79 Å². The van der Waals surface area contributed by atoms with Crippen LogP contribution in [0.25, 0.3) is 0 Å². The lowest BCUT2D eigenvalue weighted by Gasteiger charge is -2.18. The van der Waals surface area contributed by atoms with Gasteiger partial charge in [-0.05, 0) is 5.56 Å². The standard InChI is InChI=1S/C10H7ClO4/c11-7-5-3-1-2-4-6(5)8(12)10(7,15)9(13)14/h1-4,7,15H,(H,13,14)/t7-,10-/m0/s1. The van der Waals surface area contributed by atoms with Crippen LogP contribution in [0.4, 0.5) is 0 Å². The third-order valence-corrected chi connectivity index (χ3v) is 3.07. The molecule has 2 rings (SSSR count). The van der Waals surface area contributed by atoms with Gasteiger partial charge in [-0.25, -0.2) is 4.79 Å². The Morgan fingerprint density at radius 3 is 2.53 bits per heavy atom. The Balaban J connectivity index is 2.64. The average Bonchev–Trinajstić information content (AvgIpc) is 2.43. The van der Waals surface area contributed by atoms with E-state index in [0.717, 1.165) is 0 Å². The number of halogens is 1. The molecule has 1 aromatic carbocycles. The van der Waals surface area contributed by atoms with Gasteiger partial charge in [0.15, 0.2) is 0 Å². The Kier molecular flexibility index (Phi) is 2.06. The number of benzene rings is 1. The molecule has 2 atom stereocenters. The van der Waals surface area contributed by atoms with Gasteiger partial charge in [-0.2, -0.15) is 0 Å². The van der Waals surface area contributed by atoms with E-state index < -0.39 is 22.7 Å². The molecule has 0 bridgehead atoms. The number of Topliss-reactive ketones (excluding diaryl/α,β-unsaturated/α-hetero) is 1. The molecule has 1 aliphatic carbocycles. The fourth-order valence-corrected chi connectivity index (χ4v) is 2.06. The molecule has 0 saturated heterocycles. The minimum absolute atomic E-state index is 0.169. The third-order valence-electron chi connectivity index (χ3n) is 2.52. The van der Waals surface area contributed by atoms with Crippen molar-refractivity contribution in [1.82, 2.24) is 0 Å². The fraction of sp³-hybridized carbons (Fsp3) is 0.200. The number of aliphatic carboxylic acids is 1. The maximum Gasteiger partial charge on any atom is 0.345 e. The highest BCUT2D eigenvalue weighted by atomic mass is 35.5. The monoisotopic (exact) mass is 226 g/mol. The first kappa shape index (κ1) is 10.1. The molecule has 0 spiro atoms. The molecule has 4 nitrogen and oxygen atoms in total. The second-order valence-electron chi connectivity index (χ2n) is 3.35. The van der Waals surface area contributed by atoms with Gasteiger partial charge >= 0.3 is 5.97 Å². The lowest BCUT2D eigenvalue weighted by Crippen LogP contribution is -2.45. The largest absolute Gasteiger partial charge is 0.479 e. The van der Waals surface area contributed by atoms with E-state index in [1.807, 2.05) is 0 Å². The lowest BCUT2D eigenvalue weighted by atomic mass is 9.99. The Hall–Kier alpha value is -1.39. The van der Waals surface area contributed by atoms with Gasteiger partial charge in [-0.15, -0.1) is 11.6 Å². The lowest BCUT2D eigenvalue weighted by molar-refractivity contribution is -0.153. The molecular formula is C10H7ClO4. The number of carbonyl (C=O) groups is 2. The predicted octanol–water partition coefficient (Wildman–Crippen LogP) is 0.979. The van der Waals surface area contributed by atoms with Gasteiger partial charge in [0.1, 0.15) is 5.38 Å². The zero-order valence-electron chi connectivity index (χ0n) is 7.48. The second kappa shape index (κ2) is 3.05. The smallest absolute Gasteiger partial charge is 0.345 e. The summed E-state index contributed by atoms with van der Waals surface area (Å²) in [5.41, 5.74) is -2.01. The van der Waals surface area contributed by atoms with Gasteiger partial charge in [-0.1, -0.05) is 24.3 Å². The van der Waals surface area contributed by atoms with Crippen LogP contribution in [0.3, 0.4) is 0 Å². The number of hydrogen-bond donors (Lipinski definition) is 2. The Morgan fingerprint density at radius 2 is 2.00 bits per heavy atom. The molecule has 5 heteroatoms. The first-order valence-electron chi connectivity index (χ1n) is 4.23. The van der Waals surface area contributed by atoms with E-state index in [4.69, 9.17) is 16.7 Å². The molecule has 0 saturated carbocycles. The van der Waals surface area contributed by atoms with E-state index in [2.05, 4.69) is 0 Å². The summed E-state index contributed by atoms with van der Waals surface area (Å²) < 4.78 is 0. The molecule has 2 N–H and O–H groups in total. The summed E-state index contributed by atoms with van der Waals surface area (Å²) in [4.78, 5) is 22.5. The first-order valence-corrected chi connectivity index (χ1v) is 4.66. The van der Waals surface area contributed by atoms with Crippen molar-refractivity contribution in [3.63, 3.8) is 0 Å². The quantitative estimate of drug-likeness (QED) is 0.553. The van der Waals surface area contributed by atoms with Crippen LogP contribution < -0.4 is 0 Å². The molecule has 0 amide bonds. The molecule has 0 aromatic heterocycles. The van der Waals surface area contributed by atoms with Gasteiger partial charge in [0.25, 0.3) is 0 Å². The third kappa shape index (κ3) is 1.12. The number of carbonyl (C=O) groups excluding carboxylic acids is 1. The maximum atomic E-state index is 11.7. The van der Waals surface area contributed by atoms with Crippen molar-refractivity contribution < 1.29 is 19.8 Å². The Morgan fingerprint density at radius 1 is 1.40 bits per heavy atom. The molecule has 1 aromatic rings. The van der Waals surface area contributed by atoms with Gasteiger partial charge in [0.05, 0.1) is 0 Å². The molecular weight excluding hydrogens is 220 g/mol. The van der Waals surface area contributed by atoms with Gasteiger partial charge in [0, 0.05) is 5.56 Å². The molecule has 0 radical (unpaired) electrons. The molecule has 15 heavy (non-hydrogen) atoms. The van der Waals surface area contributed by atoms with E-state index >= 15 is 0 Å². The van der Waals surface area contributed by atoms with Gasteiger partial charge < -0.3 is 10.2 Å². The summed E-state index contributed by atoms with van der Waals surface area (Å²) >= 11 is 5.79. The summed E-state index contributed by atoms with van der Waals surface area (Å²) in [5, 5.41) is 17.3. The number of rotatable bonds is 1. The van der Waals surface area contributed by atoms with Crippen LogP contribution in [-0.2, 0) is 4.79 Å². The van der Waals surface area contributed by atoms with Crippen molar-refractivity contribution in [2.75, 3.05) is 0 Å². The van der Waals surface area contributed by atoms with Crippen LogP contribution >= 0.6 is 11.6 Å². The minimum Gasteiger partial charge on any atom is -0.479 e. The maximum absolute atomic E-state index is 11.7. The van der Waals surface area contributed by atoms with Crippen molar-refractivity contribution in [3.8, 4) is 0 Å². The molecule has 78 valence electrons. The van der Waals surface area contributed by atoms with E-state index in [1.165, 1.54) is 12.1 Å². The number of fused-ring (bicyclic) bond motifs is 1. The summed E-state index contributed by atoms with van der Waals surface area (Å²) in [6.45, 7) is 0. The van der Waals surface area contributed by atoms with E-state index in [0.29, 0.717) is 5.56 Å². The highest BCUT2D eigenvalue weighted by Crippen LogP contribution is 2.43. The fourth-order valence-electron chi connectivity index (χ4n) is 1.68. The molecule has 0 aliphatic heterocycles. The molecule has 0 heterocycles. The zero-order valence-corrected chi connectivity index (χ0v) is 8.23. The Bertz CT molecular complexity index is 456. The van der Waals surface area contributed by atoms with Gasteiger partial charge in [0.2, 0.25) is 11.4 Å². The summed E-state index contributed by atoms with van der Waals surface area (Å²) in [6.07, 6.45) is 0. The second-order valence-corrected chi connectivity index (χ2v) is 3.79. The Labute approximate surface area is 90.1 Å². The number of carboxylic acids is 1. The molecule has 0 unspecified atom stereocenters. The number of alkyl halides is 1. The number of aliphatic hydroxyl groups is 1.